The zero-order valence-electron chi connectivity index (χ0n) is 12.4. The van der Waals surface area contributed by atoms with Crippen LogP contribution in [0, 0.1) is 11.7 Å². The zero-order valence-corrected chi connectivity index (χ0v) is 12.4. The van der Waals surface area contributed by atoms with E-state index < -0.39 is 11.4 Å². The van der Waals surface area contributed by atoms with Gasteiger partial charge < -0.3 is 10.0 Å². The molecular formula is C17H20FNO3. The number of carboxylic acids is 1. The normalized spacial score (nSPS) is 20.7. The number of hydrogen-bond acceptors (Lipinski definition) is 2. The molecule has 1 N–H and O–H groups in total. The number of nitrogens with zero attached hydrogens (tertiary/aromatic N) is 1. The molecule has 4 nitrogen and oxygen atoms in total. The molecule has 2 fully saturated rings. The van der Waals surface area contributed by atoms with Crippen LogP contribution in [-0.4, -0.2) is 35.0 Å². The zero-order chi connectivity index (χ0) is 15.7. The van der Waals surface area contributed by atoms with Crippen LogP contribution in [0.15, 0.2) is 24.3 Å². The van der Waals surface area contributed by atoms with E-state index in [9.17, 15) is 14.0 Å². The van der Waals surface area contributed by atoms with Crippen molar-refractivity contribution in [1.29, 1.82) is 0 Å². The van der Waals surface area contributed by atoms with E-state index in [-0.39, 0.29) is 24.1 Å². The lowest BCUT2D eigenvalue weighted by molar-refractivity contribution is -0.139. The second-order valence-corrected chi connectivity index (χ2v) is 6.40. The molecule has 0 atom stereocenters. The fourth-order valence-corrected chi connectivity index (χ4v) is 3.46. The predicted octanol–water partition coefficient (Wildman–Crippen LogP) is 2.57. The Morgan fingerprint density at radius 2 is 1.86 bits per heavy atom. The number of carbonyl (C=O) groups is 2. The van der Waals surface area contributed by atoms with Crippen molar-refractivity contribution < 1.29 is 19.1 Å². The van der Waals surface area contributed by atoms with Crippen LogP contribution >= 0.6 is 0 Å². The van der Waals surface area contributed by atoms with Crippen LogP contribution in [-0.2, 0) is 15.0 Å². The van der Waals surface area contributed by atoms with Crippen molar-refractivity contribution >= 4 is 11.9 Å². The third-order valence-corrected chi connectivity index (χ3v) is 4.91. The molecule has 5 heteroatoms. The second-order valence-electron chi connectivity index (χ2n) is 6.40. The van der Waals surface area contributed by atoms with Crippen molar-refractivity contribution in [3.63, 3.8) is 0 Å². The molecule has 0 bridgehead atoms. The van der Waals surface area contributed by atoms with Crippen molar-refractivity contribution in [3.8, 4) is 0 Å². The van der Waals surface area contributed by atoms with Crippen LogP contribution < -0.4 is 0 Å². The van der Waals surface area contributed by atoms with Crippen molar-refractivity contribution in [2.24, 2.45) is 5.92 Å². The Bertz CT molecular complexity index is 589. The monoisotopic (exact) mass is 305 g/mol. The molecule has 1 aliphatic carbocycles. The van der Waals surface area contributed by atoms with Crippen molar-refractivity contribution in [1.82, 2.24) is 4.90 Å². The standard InChI is InChI=1S/C17H20FNO3/c18-14-4-2-1-3-13(14)17(7-8-17)16(22)19-9-5-12(6-10-19)11-15(20)21/h1-4,12H,5-11H2,(H,20,21). The van der Waals surface area contributed by atoms with Crippen LogP contribution in [0.4, 0.5) is 4.39 Å². The summed E-state index contributed by atoms with van der Waals surface area (Å²) in [5, 5.41) is 8.84. The van der Waals surface area contributed by atoms with Gasteiger partial charge >= 0.3 is 5.97 Å². The van der Waals surface area contributed by atoms with Gasteiger partial charge in [-0.2, -0.15) is 0 Å². The SMILES string of the molecule is O=C(O)CC1CCN(C(=O)C2(c3ccccc3F)CC2)CC1. The summed E-state index contributed by atoms with van der Waals surface area (Å²) in [6, 6.07) is 6.51. The van der Waals surface area contributed by atoms with Crippen LogP contribution in [0.1, 0.15) is 37.7 Å². The lowest BCUT2D eigenvalue weighted by Gasteiger charge is -2.34. The van der Waals surface area contributed by atoms with Gasteiger partial charge in [0.25, 0.3) is 0 Å². The molecule has 1 saturated heterocycles. The van der Waals surface area contributed by atoms with Crippen LogP contribution in [0.5, 0.6) is 0 Å². The van der Waals surface area contributed by atoms with Crippen molar-refractivity contribution in [2.45, 2.75) is 37.5 Å². The fourth-order valence-electron chi connectivity index (χ4n) is 3.46. The quantitative estimate of drug-likeness (QED) is 0.930. The molecule has 0 unspecified atom stereocenters. The molecule has 1 amide bonds. The molecule has 1 aromatic carbocycles. The molecule has 1 aromatic rings. The number of amides is 1. The van der Waals surface area contributed by atoms with E-state index in [2.05, 4.69) is 0 Å². The molecule has 1 heterocycles. The summed E-state index contributed by atoms with van der Waals surface area (Å²) in [6.45, 7) is 1.15. The van der Waals surface area contributed by atoms with Gasteiger partial charge in [0.15, 0.2) is 0 Å². The number of hydrogen-bond donors (Lipinski definition) is 1. The third-order valence-electron chi connectivity index (χ3n) is 4.91. The number of benzene rings is 1. The molecule has 0 radical (unpaired) electrons. The molecule has 2 aliphatic rings. The first-order valence-electron chi connectivity index (χ1n) is 7.79. The highest BCUT2D eigenvalue weighted by atomic mass is 19.1. The number of carboxylic acid groups (broad SMARTS) is 1. The molecule has 0 spiro atoms. The summed E-state index contributed by atoms with van der Waals surface area (Å²) < 4.78 is 14.0. The van der Waals surface area contributed by atoms with E-state index in [0.29, 0.717) is 44.3 Å². The average molecular weight is 305 g/mol. The van der Waals surface area contributed by atoms with Gasteiger partial charge in [-0.25, -0.2) is 4.39 Å². The first-order chi connectivity index (χ1) is 10.5. The summed E-state index contributed by atoms with van der Waals surface area (Å²) in [5.41, 5.74) is -0.169. The summed E-state index contributed by atoms with van der Waals surface area (Å²) in [5.74, 6) is -0.944. The van der Waals surface area contributed by atoms with Crippen molar-refractivity contribution in [3.05, 3.63) is 35.6 Å². The highest BCUT2D eigenvalue weighted by Gasteiger charge is 2.54. The predicted molar refractivity (Wildman–Crippen MR) is 78.9 cm³/mol. The molecule has 118 valence electrons. The Hall–Kier alpha value is -1.91. The minimum atomic E-state index is -0.783. The van der Waals surface area contributed by atoms with Gasteiger partial charge in [-0.1, -0.05) is 18.2 Å². The highest BCUT2D eigenvalue weighted by molar-refractivity contribution is 5.91. The first kappa shape index (κ1) is 15.0. The van der Waals surface area contributed by atoms with E-state index in [4.69, 9.17) is 5.11 Å². The largest absolute Gasteiger partial charge is 0.481 e. The maximum absolute atomic E-state index is 14.0. The molecule has 22 heavy (non-hydrogen) atoms. The topological polar surface area (TPSA) is 57.6 Å². The van der Waals surface area contributed by atoms with E-state index >= 15 is 0 Å². The fraction of sp³-hybridized carbons (Fsp3) is 0.529. The van der Waals surface area contributed by atoms with Gasteiger partial charge in [0.05, 0.1) is 5.41 Å². The maximum atomic E-state index is 14.0. The van der Waals surface area contributed by atoms with Crippen LogP contribution in [0.25, 0.3) is 0 Å². The smallest absolute Gasteiger partial charge is 0.303 e. The number of likely N-dealkylation sites (tertiary alicyclic amines) is 1. The minimum absolute atomic E-state index is 0.00590. The first-order valence-corrected chi connectivity index (χ1v) is 7.79. The number of piperidine rings is 1. The van der Waals surface area contributed by atoms with E-state index in [1.807, 2.05) is 0 Å². The van der Waals surface area contributed by atoms with E-state index in [0.717, 1.165) is 0 Å². The summed E-state index contributed by atoms with van der Waals surface area (Å²) in [7, 11) is 0. The lowest BCUT2D eigenvalue weighted by Crippen LogP contribution is -2.44. The Morgan fingerprint density at radius 1 is 1.23 bits per heavy atom. The molecular weight excluding hydrogens is 285 g/mol. The Balaban J connectivity index is 1.68. The molecule has 0 aromatic heterocycles. The maximum Gasteiger partial charge on any atom is 0.303 e. The van der Waals surface area contributed by atoms with Crippen LogP contribution in [0.3, 0.4) is 0 Å². The Labute approximate surface area is 128 Å². The molecule has 3 rings (SSSR count). The van der Waals surface area contributed by atoms with Crippen LogP contribution in [0.2, 0.25) is 0 Å². The van der Waals surface area contributed by atoms with Gasteiger partial charge in [-0.3, -0.25) is 9.59 Å². The van der Waals surface area contributed by atoms with Crippen molar-refractivity contribution in [2.75, 3.05) is 13.1 Å². The third kappa shape index (κ3) is 2.72. The molecule has 1 aliphatic heterocycles. The number of carbonyl (C=O) groups excluding carboxylic acids is 1. The lowest BCUT2D eigenvalue weighted by atomic mass is 9.90. The van der Waals surface area contributed by atoms with E-state index in [1.54, 1.807) is 23.1 Å². The van der Waals surface area contributed by atoms with Gasteiger partial charge in [0, 0.05) is 25.1 Å². The van der Waals surface area contributed by atoms with E-state index in [1.165, 1.54) is 6.07 Å². The summed E-state index contributed by atoms with van der Waals surface area (Å²) in [4.78, 5) is 25.3. The Morgan fingerprint density at radius 3 is 2.41 bits per heavy atom. The van der Waals surface area contributed by atoms with Gasteiger partial charge in [0.2, 0.25) is 5.91 Å². The number of halogens is 1. The second kappa shape index (κ2) is 5.71. The Kier molecular flexibility index (Phi) is 3.89. The van der Waals surface area contributed by atoms with Gasteiger partial charge in [-0.05, 0) is 37.7 Å². The highest BCUT2D eigenvalue weighted by Crippen LogP contribution is 2.50. The average Bonchev–Trinajstić information content (AvgIpc) is 3.29. The summed E-state index contributed by atoms with van der Waals surface area (Å²) in [6.07, 6.45) is 2.99. The number of rotatable bonds is 4. The summed E-state index contributed by atoms with van der Waals surface area (Å²) >= 11 is 0. The van der Waals surface area contributed by atoms with Gasteiger partial charge in [0.1, 0.15) is 5.82 Å². The molecule has 1 saturated carbocycles. The number of aliphatic carboxylic acids is 1. The van der Waals surface area contributed by atoms with Gasteiger partial charge in [-0.15, -0.1) is 0 Å². The minimum Gasteiger partial charge on any atom is -0.481 e.